The van der Waals surface area contributed by atoms with Gasteiger partial charge in [0.05, 0.1) is 29.6 Å². The van der Waals surface area contributed by atoms with E-state index < -0.39 is 0 Å². The summed E-state index contributed by atoms with van der Waals surface area (Å²) in [4.78, 5) is 28.7. The first-order valence-corrected chi connectivity index (χ1v) is 10.9. The zero-order valence-electron chi connectivity index (χ0n) is 19.3. The molecule has 7 nitrogen and oxygen atoms in total. The Kier molecular flexibility index (Phi) is 10.3. The first kappa shape index (κ1) is 27.2. The number of benzene rings is 1. The van der Waals surface area contributed by atoms with Gasteiger partial charge >= 0.3 is 18.9 Å². The topological polar surface area (TPSA) is 76.5 Å². The number of carbonyl (C=O) groups excluding carboxylic acids is 2. The van der Waals surface area contributed by atoms with Gasteiger partial charge in [-0.25, -0.2) is 6.08 Å². The molecular weight excluding hydrogens is 435 g/mol. The molecule has 3 heterocycles. The van der Waals surface area contributed by atoms with Gasteiger partial charge in [-0.1, -0.05) is 43.6 Å². The Labute approximate surface area is 212 Å². The third kappa shape index (κ3) is 6.75. The number of fused-ring (bicyclic) bond motifs is 2. The summed E-state index contributed by atoms with van der Waals surface area (Å²) < 4.78 is 7.17. The van der Waals surface area contributed by atoms with Crippen LogP contribution in [-0.2, 0) is 9.53 Å². The number of imidazole rings is 1. The van der Waals surface area contributed by atoms with Gasteiger partial charge in [-0.2, -0.15) is 6.08 Å². The molecule has 0 aliphatic carbocycles. The standard InChI is InChI=1S/C14H14ClN3O.C10H14NO2.Li/c1-9(2)18-10(3)16-8-13(18)14(19)17-12-7-5-4-6-11(12)15;1-8(3-2-4-12)11-6-10-5-9(11)7-13-10;/h4-9H,1,3H2,2H3,(H,17,19);2-3,8-10H,5-7H2,1H3;/q-2;-1;+1/b;3-2+;/t9-;;/m0../s1. The van der Waals surface area contributed by atoms with E-state index in [1.165, 1.54) is 12.3 Å². The van der Waals surface area contributed by atoms with Gasteiger partial charge in [0.1, 0.15) is 5.69 Å². The molecular formula is C24H28ClLiN4O3-2. The van der Waals surface area contributed by atoms with Crippen LogP contribution in [-0.4, -0.2) is 58.0 Å². The Morgan fingerprint density at radius 1 is 1.39 bits per heavy atom. The molecule has 2 saturated heterocycles. The molecule has 2 aliphatic heterocycles. The zero-order chi connectivity index (χ0) is 23.3. The van der Waals surface area contributed by atoms with E-state index in [1.807, 2.05) is 13.0 Å². The van der Waals surface area contributed by atoms with Crippen LogP contribution in [0.4, 0.5) is 5.69 Å². The van der Waals surface area contributed by atoms with E-state index in [-0.39, 0.29) is 30.8 Å². The summed E-state index contributed by atoms with van der Waals surface area (Å²) in [5.41, 5.74) is 0.969. The first-order valence-electron chi connectivity index (χ1n) is 10.5. The number of nitrogens with zero attached hydrogens (tertiary/aromatic N) is 3. The number of hydrogen-bond acceptors (Lipinski definition) is 5. The van der Waals surface area contributed by atoms with Gasteiger partial charge in [0.25, 0.3) is 5.91 Å². The number of halogens is 1. The molecule has 1 N–H and O–H groups in total. The monoisotopic (exact) mass is 462 g/mol. The first-order chi connectivity index (χ1) is 15.3. The van der Waals surface area contributed by atoms with Crippen LogP contribution in [0.15, 0.2) is 42.6 Å². The van der Waals surface area contributed by atoms with Crippen LogP contribution in [0, 0.1) is 13.8 Å². The second-order valence-corrected chi connectivity index (χ2v) is 8.38. The molecule has 0 saturated carbocycles. The number of carbonyl (C=O) groups is 1. The van der Waals surface area contributed by atoms with Gasteiger partial charge in [-0.05, 0) is 36.7 Å². The maximum atomic E-state index is 12.2. The fourth-order valence-corrected chi connectivity index (χ4v) is 4.21. The van der Waals surface area contributed by atoms with E-state index in [9.17, 15) is 9.59 Å². The molecule has 2 fully saturated rings. The van der Waals surface area contributed by atoms with Crippen molar-refractivity contribution in [1.82, 2.24) is 14.5 Å². The van der Waals surface area contributed by atoms with Crippen LogP contribution in [0.25, 0.3) is 0 Å². The second-order valence-electron chi connectivity index (χ2n) is 7.97. The summed E-state index contributed by atoms with van der Waals surface area (Å²) >= 11 is 6.00. The van der Waals surface area contributed by atoms with Gasteiger partial charge in [0.2, 0.25) is 0 Å². The molecule has 2 aliphatic rings. The number of para-hydroxylation sites is 1. The van der Waals surface area contributed by atoms with Crippen LogP contribution < -0.4 is 24.2 Å². The zero-order valence-corrected chi connectivity index (χ0v) is 20.1. The van der Waals surface area contributed by atoms with Crippen molar-refractivity contribution >= 4 is 29.5 Å². The Hall–Kier alpha value is -2.01. The van der Waals surface area contributed by atoms with Gasteiger partial charge in [0, 0.05) is 12.6 Å². The number of morpholine rings is 1. The van der Waals surface area contributed by atoms with E-state index in [0.29, 0.717) is 40.4 Å². The Morgan fingerprint density at radius 2 is 2.12 bits per heavy atom. The number of anilines is 1. The molecule has 1 amide bonds. The fourth-order valence-electron chi connectivity index (χ4n) is 4.03. The van der Waals surface area contributed by atoms with Crippen molar-refractivity contribution in [2.45, 2.75) is 44.5 Å². The predicted molar refractivity (Wildman–Crippen MR) is 125 cm³/mol. The van der Waals surface area contributed by atoms with Crippen LogP contribution in [0.1, 0.15) is 42.6 Å². The largest absolute Gasteiger partial charge is 1.00 e. The van der Waals surface area contributed by atoms with Crippen molar-refractivity contribution in [1.29, 1.82) is 0 Å². The smallest absolute Gasteiger partial charge is 0.419 e. The van der Waals surface area contributed by atoms with Crippen molar-refractivity contribution in [3.8, 4) is 0 Å². The average Bonchev–Trinajstić information content (AvgIpc) is 3.49. The van der Waals surface area contributed by atoms with Crippen LogP contribution in [0.5, 0.6) is 0 Å². The molecule has 33 heavy (non-hydrogen) atoms. The molecule has 2 bridgehead atoms. The molecule has 4 atom stereocenters. The van der Waals surface area contributed by atoms with Gasteiger partial charge in [-0.15, -0.1) is 0 Å². The Morgan fingerprint density at radius 3 is 2.70 bits per heavy atom. The Balaban J connectivity index is 0.000000241. The van der Waals surface area contributed by atoms with Crippen LogP contribution in [0.2, 0.25) is 5.02 Å². The predicted octanol–water partition coefficient (Wildman–Crippen LogP) is 0.884. The van der Waals surface area contributed by atoms with E-state index in [4.69, 9.17) is 16.3 Å². The van der Waals surface area contributed by atoms with Crippen molar-refractivity contribution in [3.63, 3.8) is 0 Å². The number of hydrogen-bond donors (Lipinski definition) is 1. The quantitative estimate of drug-likeness (QED) is 0.392. The number of allylic oxidation sites excluding steroid dienone is 1. The second kappa shape index (κ2) is 12.5. The fraction of sp³-hybridized carbons (Fsp3) is 0.375. The molecule has 9 heteroatoms. The summed E-state index contributed by atoms with van der Waals surface area (Å²) in [7, 11) is 0. The molecule has 3 unspecified atom stereocenters. The Bertz CT molecular complexity index is 978. The number of nitrogens with one attached hydrogen (secondary N) is 1. The maximum Gasteiger partial charge on any atom is 1.00 e. The van der Waals surface area contributed by atoms with Crippen molar-refractivity contribution in [3.05, 3.63) is 73.0 Å². The third-order valence-electron chi connectivity index (χ3n) is 5.58. The number of likely N-dealkylation sites (tertiary alicyclic amines) is 1. The van der Waals surface area contributed by atoms with Gasteiger partial charge in [-0.3, -0.25) is 9.78 Å². The molecule has 0 spiro atoms. The summed E-state index contributed by atoms with van der Waals surface area (Å²) in [6.45, 7) is 13.5. The average molecular weight is 463 g/mol. The third-order valence-corrected chi connectivity index (χ3v) is 5.91. The minimum Gasteiger partial charge on any atom is -0.419 e. The molecule has 1 aromatic carbocycles. The molecule has 2 aromatic rings. The van der Waals surface area contributed by atoms with Crippen LogP contribution >= 0.6 is 11.6 Å². The minimum absolute atomic E-state index is 0. The van der Waals surface area contributed by atoms with Gasteiger partial charge < -0.3 is 38.2 Å². The number of aromatic nitrogens is 2. The summed E-state index contributed by atoms with van der Waals surface area (Å²) in [6, 6.07) is 7.81. The molecule has 1 aromatic heterocycles. The molecule has 4 rings (SSSR count). The van der Waals surface area contributed by atoms with Crippen molar-refractivity contribution in [2.24, 2.45) is 0 Å². The van der Waals surface area contributed by atoms with E-state index in [1.54, 1.807) is 35.1 Å². The van der Waals surface area contributed by atoms with E-state index in [2.05, 4.69) is 36.0 Å². The minimum atomic E-state index is -0.286. The number of ether oxygens (including phenoxy) is 1. The molecule has 0 radical (unpaired) electrons. The van der Waals surface area contributed by atoms with Crippen molar-refractivity contribution < 1.29 is 33.2 Å². The normalized spacial score (nSPS) is 21.1. The maximum absolute atomic E-state index is 12.2. The van der Waals surface area contributed by atoms with E-state index >= 15 is 0 Å². The molecule has 172 valence electrons. The summed E-state index contributed by atoms with van der Waals surface area (Å²) in [5.74, 6) is 0.220. The van der Waals surface area contributed by atoms with Gasteiger partial charge in [0.15, 0.2) is 0 Å². The van der Waals surface area contributed by atoms with Crippen molar-refractivity contribution in [2.75, 3.05) is 18.5 Å². The summed E-state index contributed by atoms with van der Waals surface area (Å²) in [5, 5.41) is 3.23. The number of amides is 1. The number of rotatable bonds is 6. The SMILES string of the molecule is CC(/C=C/[C-]=O)N1CC2CC1CO2.[CH2-]c1ncc(C(=O)Nc2ccccc2Cl)n1[C@@H]([CH2-])C.[Li+]. The van der Waals surface area contributed by atoms with E-state index in [0.717, 1.165) is 19.6 Å². The van der Waals surface area contributed by atoms with Crippen LogP contribution in [0.3, 0.4) is 0 Å². The summed E-state index contributed by atoms with van der Waals surface area (Å²) in [6.07, 6.45) is 8.20.